The van der Waals surface area contributed by atoms with Gasteiger partial charge >= 0.3 is 0 Å². The molecule has 2 aliphatic rings. The predicted molar refractivity (Wildman–Crippen MR) is 72.2 cm³/mol. The first kappa shape index (κ1) is 13.9. The van der Waals surface area contributed by atoms with Crippen molar-refractivity contribution in [2.45, 2.75) is 33.4 Å². The Morgan fingerprint density at radius 3 is 2.26 bits per heavy atom. The average molecular weight is 323 g/mol. The summed E-state index contributed by atoms with van der Waals surface area (Å²) in [4.78, 5) is 12.5. The van der Waals surface area contributed by atoms with Gasteiger partial charge in [0.15, 0.2) is 5.41 Å². The number of carbonyl (C=O) groups excluding carboxylic acids is 1. The summed E-state index contributed by atoms with van der Waals surface area (Å²) in [6.45, 7) is 7.63. The number of rotatable bonds is 1. The molecule has 2 N–H and O–H groups in total. The minimum atomic E-state index is -1.46. The number of nitriles is 2. The lowest BCUT2D eigenvalue weighted by Crippen LogP contribution is -2.67. The summed E-state index contributed by atoms with van der Waals surface area (Å²) in [7, 11) is 0. The fourth-order valence-electron chi connectivity index (χ4n) is 3.41. The van der Waals surface area contributed by atoms with E-state index < -0.39 is 22.4 Å². The normalized spacial score (nSPS) is 35.5. The summed E-state index contributed by atoms with van der Waals surface area (Å²) in [6.07, 6.45) is 0. The smallest absolute Gasteiger partial charge is 0.248 e. The van der Waals surface area contributed by atoms with Gasteiger partial charge in [-0.3, -0.25) is 4.79 Å². The van der Waals surface area contributed by atoms with E-state index in [1.165, 1.54) is 0 Å². The maximum absolute atomic E-state index is 12.5. The molecule has 2 atom stereocenters. The Morgan fingerprint density at radius 1 is 1.26 bits per heavy atom. The van der Waals surface area contributed by atoms with Gasteiger partial charge in [0, 0.05) is 5.41 Å². The van der Waals surface area contributed by atoms with E-state index in [9.17, 15) is 15.3 Å². The van der Waals surface area contributed by atoms with Crippen molar-refractivity contribution in [2.24, 2.45) is 16.7 Å². The molecule has 2 aliphatic heterocycles. The Morgan fingerprint density at radius 2 is 1.84 bits per heavy atom. The third-order valence-corrected chi connectivity index (χ3v) is 5.22. The van der Waals surface area contributed by atoms with E-state index in [0.717, 1.165) is 0 Å². The molecule has 1 amide bonds. The molecule has 1 saturated heterocycles. The minimum Gasteiger partial charge on any atom is -0.355 e. The Bertz CT molecular complexity index is 580. The van der Waals surface area contributed by atoms with Crippen LogP contribution in [0.4, 0.5) is 0 Å². The molecule has 1 fully saturated rings. The molecular formula is C13H15BrN4O. The van der Waals surface area contributed by atoms with Gasteiger partial charge in [-0.25, -0.2) is 0 Å². The van der Waals surface area contributed by atoms with Crippen molar-refractivity contribution < 1.29 is 4.79 Å². The number of halogens is 1. The van der Waals surface area contributed by atoms with Gasteiger partial charge in [-0.05, 0) is 21.8 Å². The standard InChI is InChI=1S/C13H15BrN4O/c1-7(2)13-11(3,4)12(6-16,10(19)18-13)8(5-15)9(14)17-13/h7,17H,1-4H3,(H,18,19)/t12-,13+/m0/s1. The molecule has 0 radical (unpaired) electrons. The van der Waals surface area contributed by atoms with E-state index in [4.69, 9.17) is 0 Å². The average Bonchev–Trinajstić information content (AvgIpc) is 2.43. The first-order valence-electron chi connectivity index (χ1n) is 6.03. The molecule has 0 spiro atoms. The van der Waals surface area contributed by atoms with Crippen molar-refractivity contribution in [1.29, 1.82) is 10.5 Å². The summed E-state index contributed by atoms with van der Waals surface area (Å²) in [6, 6.07) is 4.10. The van der Waals surface area contributed by atoms with Gasteiger partial charge in [-0.1, -0.05) is 27.7 Å². The van der Waals surface area contributed by atoms with Crippen LogP contribution in [0.15, 0.2) is 10.2 Å². The van der Waals surface area contributed by atoms with Gasteiger partial charge in [0.05, 0.1) is 22.3 Å². The molecule has 0 aromatic heterocycles. The highest BCUT2D eigenvalue weighted by Crippen LogP contribution is 2.60. The van der Waals surface area contributed by atoms with E-state index in [-0.39, 0.29) is 11.5 Å². The van der Waals surface area contributed by atoms with Gasteiger partial charge in [-0.2, -0.15) is 10.5 Å². The molecule has 19 heavy (non-hydrogen) atoms. The second-order valence-electron chi connectivity index (χ2n) is 5.83. The van der Waals surface area contributed by atoms with Crippen LogP contribution in [-0.4, -0.2) is 11.6 Å². The van der Waals surface area contributed by atoms with Crippen molar-refractivity contribution in [2.75, 3.05) is 0 Å². The molecule has 0 aliphatic carbocycles. The van der Waals surface area contributed by atoms with Crippen molar-refractivity contribution in [3.8, 4) is 12.1 Å². The zero-order valence-electron chi connectivity index (χ0n) is 11.3. The van der Waals surface area contributed by atoms with E-state index in [2.05, 4.69) is 32.6 Å². The Balaban J connectivity index is 2.88. The van der Waals surface area contributed by atoms with Crippen molar-refractivity contribution in [3.63, 3.8) is 0 Å². The quantitative estimate of drug-likeness (QED) is 0.719. The van der Waals surface area contributed by atoms with Crippen LogP contribution in [0.1, 0.15) is 27.7 Å². The van der Waals surface area contributed by atoms with E-state index in [0.29, 0.717) is 4.61 Å². The Hall–Kier alpha value is -1.53. The first-order chi connectivity index (χ1) is 8.71. The van der Waals surface area contributed by atoms with Gasteiger partial charge in [0.2, 0.25) is 5.91 Å². The largest absolute Gasteiger partial charge is 0.355 e. The summed E-state index contributed by atoms with van der Waals surface area (Å²) in [5.41, 5.74) is -2.82. The molecule has 5 nitrogen and oxygen atoms in total. The third kappa shape index (κ3) is 1.21. The molecule has 100 valence electrons. The number of hydrogen-bond donors (Lipinski definition) is 2. The summed E-state index contributed by atoms with van der Waals surface area (Å²) >= 11 is 3.30. The first-order valence-corrected chi connectivity index (χ1v) is 6.83. The maximum Gasteiger partial charge on any atom is 0.248 e. The van der Waals surface area contributed by atoms with Gasteiger partial charge in [0.1, 0.15) is 5.66 Å². The van der Waals surface area contributed by atoms with E-state index >= 15 is 0 Å². The number of carbonyl (C=O) groups is 1. The highest BCUT2D eigenvalue weighted by Gasteiger charge is 2.74. The van der Waals surface area contributed by atoms with Crippen LogP contribution in [0.3, 0.4) is 0 Å². The fourth-order valence-corrected chi connectivity index (χ4v) is 4.11. The zero-order valence-corrected chi connectivity index (χ0v) is 12.8. The fraction of sp³-hybridized carbons (Fsp3) is 0.615. The molecule has 0 aromatic carbocycles. The summed E-state index contributed by atoms with van der Waals surface area (Å²) < 4.78 is 0.419. The molecule has 2 rings (SSSR count). The van der Waals surface area contributed by atoms with Crippen molar-refractivity contribution >= 4 is 21.8 Å². The molecular weight excluding hydrogens is 308 g/mol. The molecule has 2 heterocycles. The second-order valence-corrected chi connectivity index (χ2v) is 6.62. The highest BCUT2D eigenvalue weighted by atomic mass is 79.9. The Kier molecular flexibility index (Phi) is 2.73. The monoisotopic (exact) mass is 322 g/mol. The minimum absolute atomic E-state index is 0.0504. The molecule has 0 aromatic rings. The zero-order chi connectivity index (χ0) is 14.6. The van der Waals surface area contributed by atoms with Crippen LogP contribution in [0.25, 0.3) is 0 Å². The molecule has 2 bridgehead atoms. The van der Waals surface area contributed by atoms with Crippen LogP contribution < -0.4 is 10.6 Å². The van der Waals surface area contributed by atoms with Crippen LogP contribution in [0.5, 0.6) is 0 Å². The predicted octanol–water partition coefficient (Wildman–Crippen LogP) is 1.74. The number of nitrogens with one attached hydrogen (secondary N) is 2. The van der Waals surface area contributed by atoms with Gasteiger partial charge < -0.3 is 10.6 Å². The Labute approximate surface area is 120 Å². The topological polar surface area (TPSA) is 88.7 Å². The number of amides is 1. The third-order valence-electron chi connectivity index (χ3n) is 4.62. The summed E-state index contributed by atoms with van der Waals surface area (Å²) in [5.74, 6) is -0.360. The highest BCUT2D eigenvalue weighted by molar-refractivity contribution is 9.11. The van der Waals surface area contributed by atoms with Gasteiger partial charge in [-0.15, -0.1) is 0 Å². The number of hydrogen-bond acceptors (Lipinski definition) is 4. The SMILES string of the molecule is CC(C)[C@]12NC(=O)[C@](C#N)(C(C#N)=C(Br)N1)C2(C)C. The van der Waals surface area contributed by atoms with Crippen LogP contribution in [-0.2, 0) is 4.79 Å². The summed E-state index contributed by atoms with van der Waals surface area (Å²) in [5, 5.41) is 25.1. The lowest BCUT2D eigenvalue weighted by Gasteiger charge is -2.51. The van der Waals surface area contributed by atoms with Gasteiger partial charge in [0.25, 0.3) is 0 Å². The lowest BCUT2D eigenvalue weighted by atomic mass is 9.56. The van der Waals surface area contributed by atoms with E-state index in [1.54, 1.807) is 0 Å². The maximum atomic E-state index is 12.5. The van der Waals surface area contributed by atoms with Crippen LogP contribution in [0, 0.1) is 39.4 Å². The van der Waals surface area contributed by atoms with E-state index in [1.807, 2.05) is 33.8 Å². The second kappa shape index (κ2) is 3.74. The van der Waals surface area contributed by atoms with Crippen LogP contribution in [0.2, 0.25) is 0 Å². The molecule has 6 heteroatoms. The van der Waals surface area contributed by atoms with Crippen molar-refractivity contribution in [3.05, 3.63) is 10.2 Å². The van der Waals surface area contributed by atoms with Crippen molar-refractivity contribution in [1.82, 2.24) is 10.6 Å². The number of fused-ring (bicyclic) bond motifs is 2. The molecule has 0 saturated carbocycles. The lowest BCUT2D eigenvalue weighted by molar-refractivity contribution is -0.125. The number of nitrogens with zero attached hydrogens (tertiary/aromatic N) is 2. The molecule has 0 unspecified atom stereocenters. The van der Waals surface area contributed by atoms with Crippen LogP contribution >= 0.6 is 15.9 Å².